The predicted octanol–water partition coefficient (Wildman–Crippen LogP) is 3.06. The van der Waals surface area contributed by atoms with E-state index in [0.717, 1.165) is 0 Å². The van der Waals surface area contributed by atoms with Gasteiger partial charge < -0.3 is 15.2 Å². The molecule has 0 saturated heterocycles. The van der Waals surface area contributed by atoms with E-state index >= 15 is 0 Å². The highest BCUT2D eigenvalue weighted by molar-refractivity contribution is 6.08. The minimum absolute atomic E-state index is 0.0201. The molecular weight excluding hydrogens is 387 g/mol. The van der Waals surface area contributed by atoms with Crippen LogP contribution in [0.5, 0.6) is 11.5 Å². The van der Waals surface area contributed by atoms with Gasteiger partial charge in [-0.3, -0.25) is 14.1 Å². The van der Waals surface area contributed by atoms with Crippen molar-refractivity contribution in [3.63, 3.8) is 0 Å². The van der Waals surface area contributed by atoms with Crippen molar-refractivity contribution in [3.05, 3.63) is 59.7 Å². The van der Waals surface area contributed by atoms with Crippen LogP contribution in [0.4, 0.5) is 13.2 Å². The Morgan fingerprint density at radius 2 is 1.86 bits per heavy atom. The fourth-order valence-corrected chi connectivity index (χ4v) is 3.12. The molecular formula is C20H20F3N3O3. The number of nitrogens with two attached hydrogens (primary N) is 1. The number of alkyl halides is 3. The smallest absolute Gasteiger partial charge is 0.387 e. The molecule has 2 aromatic carbocycles. The molecule has 1 heterocycles. The fraction of sp³-hybridized carbons (Fsp3) is 0.300. The molecule has 0 radical (unpaired) electrons. The molecule has 0 fully saturated rings. The van der Waals surface area contributed by atoms with Crippen LogP contribution < -0.4 is 15.2 Å². The molecule has 2 aromatic rings. The van der Waals surface area contributed by atoms with Crippen molar-refractivity contribution in [1.82, 2.24) is 4.90 Å². The number of aliphatic imine (C=N–C) groups is 1. The third kappa shape index (κ3) is 3.98. The van der Waals surface area contributed by atoms with Gasteiger partial charge in [-0.1, -0.05) is 24.3 Å². The number of rotatable bonds is 8. The van der Waals surface area contributed by atoms with Crippen LogP contribution in [-0.2, 0) is 10.3 Å². The molecule has 9 heteroatoms. The first-order valence-corrected chi connectivity index (χ1v) is 8.86. The Kier molecular flexibility index (Phi) is 5.95. The number of ether oxygens (including phenoxy) is 2. The number of halogens is 3. The summed E-state index contributed by atoms with van der Waals surface area (Å²) in [5.41, 5.74) is 5.32. The monoisotopic (exact) mass is 407 g/mol. The Labute approximate surface area is 165 Å². The lowest BCUT2D eigenvalue weighted by Crippen LogP contribution is -2.41. The van der Waals surface area contributed by atoms with E-state index in [0.29, 0.717) is 16.9 Å². The van der Waals surface area contributed by atoms with Crippen molar-refractivity contribution in [1.29, 1.82) is 0 Å². The van der Waals surface area contributed by atoms with Crippen molar-refractivity contribution in [3.8, 4) is 11.5 Å². The van der Waals surface area contributed by atoms with Crippen molar-refractivity contribution in [2.45, 2.75) is 18.6 Å². The highest BCUT2D eigenvalue weighted by Gasteiger charge is 2.49. The van der Waals surface area contributed by atoms with Gasteiger partial charge in [0.25, 0.3) is 5.91 Å². The van der Waals surface area contributed by atoms with Gasteiger partial charge in [0.15, 0.2) is 11.5 Å². The molecule has 1 aliphatic heterocycles. The summed E-state index contributed by atoms with van der Waals surface area (Å²) < 4.78 is 47.1. The Hall–Kier alpha value is -3.23. The van der Waals surface area contributed by atoms with E-state index in [-0.39, 0.29) is 24.7 Å². The van der Waals surface area contributed by atoms with E-state index in [2.05, 4.69) is 9.73 Å². The largest absolute Gasteiger partial charge is 0.493 e. The van der Waals surface area contributed by atoms with Crippen molar-refractivity contribution in [2.24, 2.45) is 10.7 Å². The second kappa shape index (κ2) is 8.42. The zero-order valence-electron chi connectivity index (χ0n) is 15.6. The van der Waals surface area contributed by atoms with Gasteiger partial charge in [-0.2, -0.15) is 8.78 Å². The van der Waals surface area contributed by atoms with Crippen LogP contribution in [0.2, 0.25) is 0 Å². The van der Waals surface area contributed by atoms with Gasteiger partial charge in [-0.25, -0.2) is 4.99 Å². The van der Waals surface area contributed by atoms with Crippen LogP contribution in [0.25, 0.3) is 0 Å². The molecule has 6 nitrogen and oxygen atoms in total. The standard InChI is InChI=1S/C20H20F3N3O3/c1-26-17(27)20(25-19(26)24,13-6-8-15(9-7-13)29-18(22)23)14-4-2-5-16(12-14)28-11-3-10-21/h2,4-9,12,18H,3,10-11H2,1H3,(H2,24,25). The summed E-state index contributed by atoms with van der Waals surface area (Å²) in [4.78, 5) is 18.8. The summed E-state index contributed by atoms with van der Waals surface area (Å²) in [6.45, 7) is -3.27. The number of carbonyl (C=O) groups excluding carboxylic acids is 1. The molecule has 1 atom stereocenters. The lowest BCUT2D eigenvalue weighted by molar-refractivity contribution is -0.129. The number of guanidine groups is 1. The first-order valence-electron chi connectivity index (χ1n) is 8.86. The predicted molar refractivity (Wildman–Crippen MR) is 101 cm³/mol. The minimum Gasteiger partial charge on any atom is -0.493 e. The van der Waals surface area contributed by atoms with Crippen molar-refractivity contribution in [2.75, 3.05) is 20.3 Å². The number of amides is 1. The summed E-state index contributed by atoms with van der Waals surface area (Å²) in [5.74, 6) is 0.0205. The van der Waals surface area contributed by atoms with E-state index in [1.807, 2.05) is 0 Å². The molecule has 2 N–H and O–H groups in total. The molecule has 1 amide bonds. The second-order valence-corrected chi connectivity index (χ2v) is 6.37. The maximum absolute atomic E-state index is 13.2. The molecule has 29 heavy (non-hydrogen) atoms. The molecule has 1 aliphatic rings. The quantitative estimate of drug-likeness (QED) is 0.683. The van der Waals surface area contributed by atoms with Gasteiger partial charge in [-0.05, 0) is 35.4 Å². The SMILES string of the molecule is CN1C(=O)C(c2ccc(OC(F)F)cc2)(c2cccc(OCCCF)c2)N=C1N. The summed E-state index contributed by atoms with van der Waals surface area (Å²) in [7, 11) is 1.50. The number of hydrogen-bond acceptors (Lipinski definition) is 5. The fourth-order valence-electron chi connectivity index (χ4n) is 3.12. The van der Waals surface area contributed by atoms with Crippen LogP contribution >= 0.6 is 0 Å². The Bertz CT molecular complexity index is 905. The zero-order valence-corrected chi connectivity index (χ0v) is 15.6. The maximum Gasteiger partial charge on any atom is 0.387 e. The number of nitrogens with zero attached hydrogens (tertiary/aromatic N) is 2. The number of carbonyl (C=O) groups is 1. The van der Waals surface area contributed by atoms with Crippen LogP contribution in [0.1, 0.15) is 17.5 Å². The average Bonchev–Trinajstić information content (AvgIpc) is 2.93. The van der Waals surface area contributed by atoms with Crippen LogP contribution in [0, 0.1) is 0 Å². The first kappa shape index (κ1) is 20.5. The zero-order chi connectivity index (χ0) is 21.0. The molecule has 0 saturated carbocycles. The first-order chi connectivity index (χ1) is 13.9. The van der Waals surface area contributed by atoms with Gasteiger partial charge in [0.05, 0.1) is 13.3 Å². The Morgan fingerprint density at radius 1 is 1.14 bits per heavy atom. The van der Waals surface area contributed by atoms with E-state index in [1.165, 1.54) is 36.2 Å². The summed E-state index contributed by atoms with van der Waals surface area (Å²) in [6, 6.07) is 12.3. The van der Waals surface area contributed by atoms with Gasteiger partial charge in [0, 0.05) is 13.5 Å². The minimum atomic E-state index is -2.96. The van der Waals surface area contributed by atoms with E-state index in [1.54, 1.807) is 24.3 Å². The maximum atomic E-state index is 13.2. The van der Waals surface area contributed by atoms with Gasteiger partial charge >= 0.3 is 6.61 Å². The lowest BCUT2D eigenvalue weighted by Gasteiger charge is -2.26. The van der Waals surface area contributed by atoms with Gasteiger partial charge in [0.1, 0.15) is 11.5 Å². The summed E-state index contributed by atoms with van der Waals surface area (Å²) >= 11 is 0. The summed E-state index contributed by atoms with van der Waals surface area (Å²) in [5, 5.41) is 0. The van der Waals surface area contributed by atoms with E-state index < -0.39 is 24.7 Å². The number of hydrogen-bond donors (Lipinski definition) is 1. The highest BCUT2D eigenvalue weighted by atomic mass is 19.3. The van der Waals surface area contributed by atoms with Gasteiger partial charge in [-0.15, -0.1) is 0 Å². The van der Waals surface area contributed by atoms with Gasteiger partial charge in [0.2, 0.25) is 0 Å². The van der Waals surface area contributed by atoms with E-state index in [9.17, 15) is 18.0 Å². The third-order valence-corrected chi connectivity index (χ3v) is 4.54. The normalized spacial score (nSPS) is 18.9. The van der Waals surface area contributed by atoms with Crippen LogP contribution in [-0.4, -0.2) is 43.7 Å². The average molecular weight is 407 g/mol. The molecule has 0 bridgehead atoms. The summed E-state index contributed by atoms with van der Waals surface area (Å²) in [6.07, 6.45) is 0.244. The molecule has 0 aromatic heterocycles. The second-order valence-electron chi connectivity index (χ2n) is 6.37. The van der Waals surface area contributed by atoms with Crippen LogP contribution in [0.15, 0.2) is 53.5 Å². The highest BCUT2D eigenvalue weighted by Crippen LogP contribution is 2.40. The Balaban J connectivity index is 2.05. The number of benzene rings is 2. The molecule has 3 rings (SSSR count). The molecule has 0 aliphatic carbocycles. The third-order valence-electron chi connectivity index (χ3n) is 4.54. The number of likely N-dealkylation sites (N-methyl/N-ethyl adjacent to an activating group) is 1. The molecule has 154 valence electrons. The van der Waals surface area contributed by atoms with Crippen molar-refractivity contribution < 1.29 is 27.4 Å². The molecule has 1 unspecified atom stereocenters. The Morgan fingerprint density at radius 3 is 2.45 bits per heavy atom. The lowest BCUT2D eigenvalue weighted by atomic mass is 9.82. The van der Waals surface area contributed by atoms with E-state index in [4.69, 9.17) is 10.5 Å². The van der Waals surface area contributed by atoms with Crippen LogP contribution in [0.3, 0.4) is 0 Å². The molecule has 0 spiro atoms. The topological polar surface area (TPSA) is 77.2 Å². The van der Waals surface area contributed by atoms with Crippen molar-refractivity contribution >= 4 is 11.9 Å².